The lowest BCUT2D eigenvalue weighted by molar-refractivity contribution is -0.339. The summed E-state index contributed by atoms with van der Waals surface area (Å²) in [5.74, 6) is 0. The van der Waals surface area contributed by atoms with Gasteiger partial charge in [0, 0.05) is 6.42 Å². The van der Waals surface area contributed by atoms with Gasteiger partial charge in [-0.1, -0.05) is 0 Å². The number of thiol groups is 1. The van der Waals surface area contributed by atoms with E-state index in [9.17, 15) is 38.4 Å². The molecule has 2 unspecified atom stereocenters. The van der Waals surface area contributed by atoms with Crippen LogP contribution in [-0.4, -0.2) is 28.9 Å². The zero-order valence-corrected chi connectivity index (χ0v) is 14.4. The predicted molar refractivity (Wildman–Crippen MR) is 63.8 cm³/mol. The van der Waals surface area contributed by atoms with Gasteiger partial charge in [0.2, 0.25) is 0 Å². The van der Waals surface area contributed by atoms with E-state index in [0.717, 1.165) is 0 Å². The maximum Gasteiger partial charge on any atom is 0.278 e. The molecule has 1 fully saturated rings. The van der Waals surface area contributed by atoms with Gasteiger partial charge in [-0.3, -0.25) is 13.4 Å². The van der Waals surface area contributed by atoms with Crippen LogP contribution in [0.15, 0.2) is 0 Å². The number of rotatable bonds is 7. The van der Waals surface area contributed by atoms with E-state index >= 15 is 0 Å². The van der Waals surface area contributed by atoms with Gasteiger partial charge in [-0.05, 0) is 6.92 Å². The highest BCUT2D eigenvalue weighted by atomic mass is 32.1. The third-order valence-corrected chi connectivity index (χ3v) is 6.49. The Morgan fingerprint density at radius 1 is 1.23 bits per heavy atom. The van der Waals surface area contributed by atoms with E-state index in [1.807, 2.05) is 0 Å². The normalized spacial score (nSPS) is 35.0. The molecule has 0 aliphatic carbocycles. The molecule has 12 nitrogen and oxygen atoms in total. The summed E-state index contributed by atoms with van der Waals surface area (Å²) in [4.78, 5) is 40.7. The van der Waals surface area contributed by atoms with E-state index < -0.39 is 47.2 Å². The summed E-state index contributed by atoms with van der Waals surface area (Å²) in [6, 6.07) is 0. The molecule has 1 saturated heterocycles. The molecule has 0 aromatic carbocycles. The first-order valence-corrected chi connectivity index (χ1v) is 10.3. The van der Waals surface area contributed by atoms with Crippen molar-refractivity contribution in [2.45, 2.75) is 30.5 Å². The molecule has 0 amide bonds. The first-order valence-electron chi connectivity index (χ1n) is 5.44. The molecule has 1 N–H and O–H groups in total. The van der Waals surface area contributed by atoms with Crippen molar-refractivity contribution in [3.63, 3.8) is 0 Å². The van der Waals surface area contributed by atoms with Crippen molar-refractivity contribution in [1.29, 1.82) is 0 Å². The standard InChI is InChI=1S/C6H15O12P3S/c1-4-2-5(7)6(22,16-4)3-15-20(11,12)18-21(13,14)17-19(8,9)10/h4-5,7,22H,2-3H2,1H3,(H,11,12)(H,13,14)(H2,8,9,10)/p-4/t4-,5+,6-/m0/s1. The van der Waals surface area contributed by atoms with Crippen LogP contribution in [0, 0.1) is 0 Å². The van der Waals surface area contributed by atoms with E-state index in [1.165, 1.54) is 0 Å². The molecule has 1 rings (SSSR count). The monoisotopic (exact) mass is 400 g/mol. The first-order chi connectivity index (χ1) is 9.64. The van der Waals surface area contributed by atoms with Crippen molar-refractivity contribution in [2.24, 2.45) is 0 Å². The lowest BCUT2D eigenvalue weighted by Gasteiger charge is -2.38. The van der Waals surface area contributed by atoms with Gasteiger partial charge in [0.15, 0.2) is 4.93 Å². The fraction of sp³-hybridized carbons (Fsp3) is 1.00. The van der Waals surface area contributed by atoms with Gasteiger partial charge >= 0.3 is 0 Å². The molecule has 0 aromatic rings. The lowest BCUT2D eigenvalue weighted by Crippen LogP contribution is -2.38. The quantitative estimate of drug-likeness (QED) is 0.339. The SMILES string of the molecule is C[C@H]1C[C@@H](O)[C@@](S)(COP(=O)([O-])OP(=O)([O-])OP(=O)([O-])[O-])O1. The molecule has 1 aliphatic rings. The average molecular weight is 400 g/mol. The van der Waals surface area contributed by atoms with Crippen LogP contribution in [0.1, 0.15) is 13.3 Å². The van der Waals surface area contributed by atoms with E-state index in [0.29, 0.717) is 0 Å². The van der Waals surface area contributed by atoms with Crippen molar-refractivity contribution in [3.8, 4) is 0 Å². The van der Waals surface area contributed by atoms with E-state index in [4.69, 9.17) is 4.74 Å². The van der Waals surface area contributed by atoms with Crippen molar-refractivity contribution >= 4 is 36.1 Å². The van der Waals surface area contributed by atoms with Crippen LogP contribution in [0.2, 0.25) is 0 Å². The third-order valence-electron chi connectivity index (χ3n) is 2.31. The number of phosphoric acid groups is 3. The summed E-state index contributed by atoms with van der Waals surface area (Å²) < 4.78 is 47.9. The Kier molecular flexibility index (Phi) is 6.49. The predicted octanol–water partition coefficient (Wildman–Crippen LogP) is -2.40. The Hall–Kier alpha value is 0.680. The first kappa shape index (κ1) is 20.7. The second-order valence-corrected chi connectivity index (χ2v) is 9.31. The Morgan fingerprint density at radius 3 is 2.18 bits per heavy atom. The number of hydrogen-bond acceptors (Lipinski definition) is 13. The Labute approximate surface area is 130 Å². The third kappa shape index (κ3) is 6.66. The fourth-order valence-electron chi connectivity index (χ4n) is 1.56. The zero-order chi connectivity index (χ0) is 17.4. The van der Waals surface area contributed by atoms with Crippen LogP contribution in [0.5, 0.6) is 0 Å². The van der Waals surface area contributed by atoms with Crippen LogP contribution in [0.4, 0.5) is 0 Å². The largest absolute Gasteiger partial charge is 0.790 e. The minimum absolute atomic E-state index is 0.121. The number of aliphatic hydroxyl groups excluding tert-OH is 1. The van der Waals surface area contributed by atoms with Crippen LogP contribution < -0.4 is 19.6 Å². The molecule has 0 radical (unpaired) electrons. The van der Waals surface area contributed by atoms with E-state index in [1.54, 1.807) is 6.92 Å². The second kappa shape index (κ2) is 6.89. The van der Waals surface area contributed by atoms with Crippen LogP contribution in [0.3, 0.4) is 0 Å². The van der Waals surface area contributed by atoms with Gasteiger partial charge in [0.25, 0.3) is 15.6 Å². The minimum Gasteiger partial charge on any atom is -0.790 e. The van der Waals surface area contributed by atoms with Crippen molar-refractivity contribution in [3.05, 3.63) is 0 Å². The maximum absolute atomic E-state index is 11.3. The maximum atomic E-state index is 11.3. The van der Waals surface area contributed by atoms with Crippen molar-refractivity contribution in [1.82, 2.24) is 0 Å². The highest BCUT2D eigenvalue weighted by molar-refractivity contribution is 7.81. The minimum atomic E-state index is -6.04. The summed E-state index contributed by atoms with van der Waals surface area (Å²) in [5, 5.41) is 9.63. The van der Waals surface area contributed by atoms with Crippen molar-refractivity contribution in [2.75, 3.05) is 6.61 Å². The molecular formula is C6H11O12P3S-4. The molecule has 1 aliphatic heterocycles. The summed E-state index contributed by atoms with van der Waals surface area (Å²) >= 11 is 3.89. The molecule has 132 valence electrons. The molecule has 16 heteroatoms. The molecule has 0 aromatic heterocycles. The summed E-state index contributed by atoms with van der Waals surface area (Å²) in [6.07, 6.45) is -1.57. The Bertz CT molecular complexity index is 547. The number of ether oxygens (including phenoxy) is 1. The smallest absolute Gasteiger partial charge is 0.278 e. The van der Waals surface area contributed by atoms with Gasteiger partial charge < -0.3 is 38.5 Å². The zero-order valence-electron chi connectivity index (χ0n) is 10.8. The molecule has 0 bridgehead atoms. The highest BCUT2D eigenvalue weighted by Gasteiger charge is 2.45. The average Bonchev–Trinajstić information content (AvgIpc) is 2.45. The van der Waals surface area contributed by atoms with Crippen LogP contribution in [-0.2, 0) is 31.6 Å². The fourth-order valence-corrected chi connectivity index (χ4v) is 4.90. The van der Waals surface area contributed by atoms with Gasteiger partial charge in [-0.25, -0.2) is 4.31 Å². The topological polar surface area (TPSA) is 201 Å². The lowest BCUT2D eigenvalue weighted by atomic mass is 10.1. The van der Waals surface area contributed by atoms with Gasteiger partial charge in [0.1, 0.15) is 0 Å². The molecule has 1 heterocycles. The van der Waals surface area contributed by atoms with Crippen molar-refractivity contribution < 1.29 is 56.3 Å². The Morgan fingerprint density at radius 2 is 1.77 bits per heavy atom. The summed E-state index contributed by atoms with van der Waals surface area (Å²) in [6.45, 7) is 0.628. The molecule has 0 saturated carbocycles. The Balaban J connectivity index is 2.67. The number of aliphatic hydroxyl groups is 1. The number of hydrogen-bond donors (Lipinski definition) is 2. The van der Waals surface area contributed by atoms with Gasteiger partial charge in [-0.2, -0.15) is 0 Å². The number of phosphoric ester groups is 1. The van der Waals surface area contributed by atoms with Crippen LogP contribution >= 0.6 is 36.1 Å². The van der Waals surface area contributed by atoms with Gasteiger partial charge in [-0.15, -0.1) is 12.6 Å². The molecule has 0 spiro atoms. The highest BCUT2D eigenvalue weighted by Crippen LogP contribution is 2.60. The van der Waals surface area contributed by atoms with E-state index in [2.05, 4.69) is 25.8 Å². The molecule has 5 atom stereocenters. The molecule has 22 heavy (non-hydrogen) atoms. The van der Waals surface area contributed by atoms with E-state index in [-0.39, 0.29) is 6.42 Å². The summed E-state index contributed by atoms with van der Waals surface area (Å²) in [5.41, 5.74) is 0. The van der Waals surface area contributed by atoms with Gasteiger partial charge in [0.05, 0.1) is 26.6 Å². The molecular weight excluding hydrogens is 389 g/mol. The van der Waals surface area contributed by atoms with Crippen LogP contribution in [0.25, 0.3) is 0 Å². The summed E-state index contributed by atoms with van der Waals surface area (Å²) in [7, 11) is -17.7. The second-order valence-electron chi connectivity index (χ2n) is 4.30.